The predicted octanol–water partition coefficient (Wildman–Crippen LogP) is 2.98. The minimum Gasteiger partial charge on any atom is -0.449 e. The number of sulfonamides is 1. The van der Waals surface area contributed by atoms with E-state index in [4.69, 9.17) is 4.74 Å². The molecule has 0 atom stereocenters. The van der Waals surface area contributed by atoms with Crippen LogP contribution in [0.4, 0.5) is 23.7 Å². The molecule has 0 unspecified atom stereocenters. The number of hydrogen-bond donors (Lipinski definition) is 0. The summed E-state index contributed by atoms with van der Waals surface area (Å²) in [7, 11) is -6.08. The van der Waals surface area contributed by atoms with Crippen LogP contribution < -0.4 is 4.31 Å². The molecule has 1 saturated heterocycles. The van der Waals surface area contributed by atoms with Crippen molar-refractivity contribution in [2.45, 2.75) is 44.8 Å². The van der Waals surface area contributed by atoms with Crippen molar-refractivity contribution in [2.24, 2.45) is 0 Å². The summed E-state index contributed by atoms with van der Waals surface area (Å²) in [6.45, 7) is 4.04. The first kappa shape index (κ1) is 22.9. The van der Waals surface area contributed by atoms with Crippen LogP contribution in [0, 0.1) is 0 Å². The van der Waals surface area contributed by atoms with E-state index >= 15 is 0 Å². The summed E-state index contributed by atoms with van der Waals surface area (Å²) in [5.41, 5.74) is -6.98. The van der Waals surface area contributed by atoms with Crippen molar-refractivity contribution in [1.82, 2.24) is 4.90 Å². The van der Waals surface area contributed by atoms with E-state index in [-0.39, 0.29) is 37.8 Å². The third-order valence-electron chi connectivity index (χ3n) is 4.08. The zero-order valence-electron chi connectivity index (χ0n) is 16.0. The number of carbonyl (C=O) groups is 2. The van der Waals surface area contributed by atoms with Gasteiger partial charge in [0, 0.05) is 6.54 Å². The molecule has 2 rings (SSSR count). The quantitative estimate of drug-likeness (QED) is 0.702. The Hall–Kier alpha value is -2.34. The van der Waals surface area contributed by atoms with Gasteiger partial charge in [-0.2, -0.15) is 25.9 Å². The van der Waals surface area contributed by atoms with Crippen molar-refractivity contribution in [3.63, 3.8) is 0 Å². The number of alkyl halides is 3. The summed E-state index contributed by atoms with van der Waals surface area (Å²) in [6, 6.07) is 5.07. The van der Waals surface area contributed by atoms with E-state index in [0.717, 1.165) is 6.07 Å². The Morgan fingerprint density at radius 3 is 2.48 bits per heavy atom. The number of rotatable bonds is 5. The molecule has 0 radical (unpaired) electrons. The second-order valence-corrected chi connectivity index (χ2v) is 8.62. The Bertz CT molecular complexity index is 885. The lowest BCUT2D eigenvalue weighted by atomic mass is 10.0. The zero-order chi connectivity index (χ0) is 22.0. The normalized spacial score (nSPS) is 17.2. The standard InChI is InChI=1S/C17H21F3N2O6S/c1-4-27-15(24)22(29(25,26)17(18,19)20)13-8-6-5-7-12(13)10-21-11-28-16(2,3)9-14(21)23/h5-8H,4,9-11H2,1-3H3. The van der Waals surface area contributed by atoms with Gasteiger partial charge in [-0.15, -0.1) is 0 Å². The highest BCUT2D eigenvalue weighted by Crippen LogP contribution is 2.34. The van der Waals surface area contributed by atoms with Gasteiger partial charge in [0.25, 0.3) is 0 Å². The third-order valence-corrected chi connectivity index (χ3v) is 5.49. The maximum absolute atomic E-state index is 13.2. The van der Waals surface area contributed by atoms with Crippen molar-refractivity contribution < 1.29 is 40.7 Å². The molecule has 0 N–H and O–H groups in total. The molecule has 0 saturated carbocycles. The third kappa shape index (κ3) is 4.99. The van der Waals surface area contributed by atoms with Gasteiger partial charge in [-0.25, -0.2) is 4.79 Å². The smallest absolute Gasteiger partial charge is 0.449 e. The van der Waals surface area contributed by atoms with E-state index in [1.54, 1.807) is 13.8 Å². The number of benzene rings is 1. The second-order valence-electron chi connectivity index (χ2n) is 6.84. The highest BCUT2D eigenvalue weighted by atomic mass is 32.2. The van der Waals surface area contributed by atoms with Crippen LogP contribution in [0.1, 0.15) is 32.8 Å². The molecule has 8 nitrogen and oxygen atoms in total. The Labute approximate surface area is 166 Å². The Kier molecular flexibility index (Phi) is 6.48. The van der Waals surface area contributed by atoms with Crippen LogP contribution >= 0.6 is 0 Å². The number of amides is 2. The van der Waals surface area contributed by atoms with E-state index in [1.807, 2.05) is 0 Å². The summed E-state index contributed by atoms with van der Waals surface area (Å²) in [5.74, 6) is -0.322. The fraction of sp³-hybridized carbons (Fsp3) is 0.529. The fourth-order valence-corrected chi connectivity index (χ4v) is 3.54. The lowest BCUT2D eigenvalue weighted by Crippen LogP contribution is -2.47. The van der Waals surface area contributed by atoms with Crippen LogP contribution in [-0.4, -0.2) is 49.8 Å². The maximum atomic E-state index is 13.2. The molecular weight excluding hydrogens is 417 g/mol. The van der Waals surface area contributed by atoms with Crippen molar-refractivity contribution in [3.8, 4) is 0 Å². The van der Waals surface area contributed by atoms with Crippen LogP contribution in [0.3, 0.4) is 0 Å². The van der Waals surface area contributed by atoms with Crippen molar-refractivity contribution >= 4 is 27.7 Å². The lowest BCUT2D eigenvalue weighted by molar-refractivity contribution is -0.167. The van der Waals surface area contributed by atoms with Gasteiger partial charge in [0.2, 0.25) is 5.91 Å². The van der Waals surface area contributed by atoms with Gasteiger partial charge in [0.1, 0.15) is 6.73 Å². The summed E-state index contributed by atoms with van der Waals surface area (Å²) < 4.78 is 73.3. The Morgan fingerprint density at radius 1 is 1.31 bits per heavy atom. The molecule has 0 spiro atoms. The van der Waals surface area contributed by atoms with Gasteiger partial charge < -0.3 is 14.4 Å². The molecule has 1 aliphatic rings. The molecule has 0 aromatic heterocycles. The fourth-order valence-electron chi connectivity index (χ4n) is 2.65. The van der Waals surface area contributed by atoms with Crippen molar-refractivity contribution in [1.29, 1.82) is 0 Å². The van der Waals surface area contributed by atoms with Crippen LogP contribution in [0.15, 0.2) is 24.3 Å². The summed E-state index contributed by atoms with van der Waals surface area (Å²) in [6.07, 6.45) is -1.66. The van der Waals surface area contributed by atoms with E-state index in [1.165, 1.54) is 30.0 Å². The minimum absolute atomic E-state index is 0.00466. The van der Waals surface area contributed by atoms with Gasteiger partial charge >= 0.3 is 21.6 Å². The molecule has 0 bridgehead atoms. The van der Waals surface area contributed by atoms with Gasteiger partial charge in [-0.1, -0.05) is 18.2 Å². The van der Waals surface area contributed by atoms with Crippen LogP contribution in [-0.2, 0) is 30.8 Å². The van der Waals surface area contributed by atoms with Crippen LogP contribution in [0.5, 0.6) is 0 Å². The number of anilines is 1. The number of carbonyl (C=O) groups excluding carboxylic acids is 2. The lowest BCUT2D eigenvalue weighted by Gasteiger charge is -2.37. The van der Waals surface area contributed by atoms with Crippen LogP contribution in [0.25, 0.3) is 0 Å². The maximum Gasteiger partial charge on any atom is 0.517 e. The first-order chi connectivity index (χ1) is 13.3. The van der Waals surface area contributed by atoms with E-state index in [0.29, 0.717) is 0 Å². The molecule has 2 amide bonds. The molecule has 12 heteroatoms. The molecule has 1 aromatic carbocycles. The molecule has 162 valence electrons. The molecule has 1 aromatic rings. The summed E-state index contributed by atoms with van der Waals surface area (Å²) >= 11 is 0. The number of halogens is 3. The molecule has 0 aliphatic carbocycles. The van der Waals surface area contributed by atoms with Crippen molar-refractivity contribution in [2.75, 3.05) is 17.6 Å². The topological polar surface area (TPSA) is 93.2 Å². The first-order valence-electron chi connectivity index (χ1n) is 8.58. The molecular formula is C17H21F3N2O6S. The monoisotopic (exact) mass is 438 g/mol. The number of nitrogens with zero attached hydrogens (tertiary/aromatic N) is 2. The van der Waals surface area contributed by atoms with Gasteiger partial charge in [0.05, 0.1) is 24.3 Å². The first-order valence-corrected chi connectivity index (χ1v) is 10.0. The van der Waals surface area contributed by atoms with Gasteiger partial charge in [-0.05, 0) is 32.4 Å². The number of hydrogen-bond acceptors (Lipinski definition) is 6. The zero-order valence-corrected chi connectivity index (χ0v) is 16.8. The Balaban J connectivity index is 2.47. The van der Waals surface area contributed by atoms with Gasteiger partial charge in [0.15, 0.2) is 0 Å². The number of ether oxygens (including phenoxy) is 2. The molecule has 1 aliphatic heterocycles. The summed E-state index contributed by atoms with van der Waals surface area (Å²) in [4.78, 5) is 25.7. The largest absolute Gasteiger partial charge is 0.517 e. The van der Waals surface area contributed by atoms with E-state index in [9.17, 15) is 31.2 Å². The number of para-hydroxylation sites is 1. The van der Waals surface area contributed by atoms with E-state index < -0.39 is 37.2 Å². The average molecular weight is 438 g/mol. The van der Waals surface area contributed by atoms with Crippen molar-refractivity contribution in [3.05, 3.63) is 29.8 Å². The Morgan fingerprint density at radius 2 is 1.93 bits per heavy atom. The summed E-state index contributed by atoms with van der Waals surface area (Å²) in [5, 5.41) is 0. The minimum atomic E-state index is -6.08. The molecule has 1 fully saturated rings. The van der Waals surface area contributed by atoms with Gasteiger partial charge in [-0.3, -0.25) is 4.79 Å². The second kappa shape index (κ2) is 8.19. The highest BCUT2D eigenvalue weighted by molar-refractivity contribution is 7.94. The predicted molar refractivity (Wildman–Crippen MR) is 96.1 cm³/mol. The highest BCUT2D eigenvalue weighted by Gasteiger charge is 2.53. The van der Waals surface area contributed by atoms with E-state index in [2.05, 4.69) is 4.74 Å². The molecule has 29 heavy (non-hydrogen) atoms. The van der Waals surface area contributed by atoms with Crippen LogP contribution in [0.2, 0.25) is 0 Å². The average Bonchev–Trinajstić information content (AvgIpc) is 2.57. The SMILES string of the molecule is CCOC(=O)N(c1ccccc1CN1COC(C)(C)CC1=O)S(=O)(=O)C(F)(F)F. The molecule has 1 heterocycles.